The first kappa shape index (κ1) is 24.5. The molecule has 9 heteroatoms. The lowest BCUT2D eigenvalue weighted by Gasteiger charge is -2.14. The quantitative estimate of drug-likeness (QED) is 0.300. The van der Waals surface area contributed by atoms with Gasteiger partial charge in [-0.1, -0.05) is 24.4 Å². The van der Waals surface area contributed by atoms with Crippen molar-refractivity contribution in [1.29, 1.82) is 0 Å². The summed E-state index contributed by atoms with van der Waals surface area (Å²) in [5.41, 5.74) is 1.93. The highest BCUT2D eigenvalue weighted by Gasteiger charge is 2.31. The van der Waals surface area contributed by atoms with Crippen LogP contribution in [0.1, 0.15) is 35.7 Å². The molecule has 3 rings (SSSR count). The summed E-state index contributed by atoms with van der Waals surface area (Å²) < 4.78 is 10.1. The number of amides is 2. The van der Waals surface area contributed by atoms with Gasteiger partial charge in [0.2, 0.25) is 5.91 Å². The molecule has 0 atom stereocenters. The minimum Gasteiger partial charge on any atom is -0.497 e. The molecule has 1 aliphatic heterocycles. The van der Waals surface area contributed by atoms with Crippen molar-refractivity contribution in [1.82, 2.24) is 4.90 Å². The molecule has 1 aliphatic rings. The van der Waals surface area contributed by atoms with Crippen molar-refractivity contribution in [2.24, 2.45) is 0 Å². The van der Waals surface area contributed by atoms with E-state index in [1.165, 1.54) is 4.90 Å². The summed E-state index contributed by atoms with van der Waals surface area (Å²) in [6, 6.07) is 14.0. The van der Waals surface area contributed by atoms with Gasteiger partial charge in [-0.15, -0.1) is 0 Å². The Balaban J connectivity index is 1.49. The van der Waals surface area contributed by atoms with Gasteiger partial charge in [0, 0.05) is 18.7 Å². The predicted octanol–water partition coefficient (Wildman–Crippen LogP) is 5.13. The molecular weight excluding hydrogens is 460 g/mol. The fourth-order valence-electron chi connectivity index (χ4n) is 3.07. The number of hydrogen-bond acceptors (Lipinski definition) is 7. The Hall–Kier alpha value is -3.17. The van der Waals surface area contributed by atoms with E-state index < -0.39 is 5.97 Å². The summed E-state index contributed by atoms with van der Waals surface area (Å²) in [6.45, 7) is 2.41. The van der Waals surface area contributed by atoms with Gasteiger partial charge in [0.1, 0.15) is 10.7 Å². The lowest BCUT2D eigenvalue weighted by molar-refractivity contribution is -0.116. The molecule has 33 heavy (non-hydrogen) atoms. The Labute approximate surface area is 202 Å². The van der Waals surface area contributed by atoms with E-state index in [1.807, 2.05) is 30.3 Å². The molecule has 1 heterocycles. The summed E-state index contributed by atoms with van der Waals surface area (Å²) >= 11 is 6.57. The first-order chi connectivity index (χ1) is 15.9. The minimum atomic E-state index is -0.403. The van der Waals surface area contributed by atoms with E-state index in [1.54, 1.807) is 38.3 Å². The molecule has 0 bridgehead atoms. The second-order valence-electron chi connectivity index (χ2n) is 7.06. The highest BCUT2D eigenvalue weighted by Crippen LogP contribution is 2.33. The number of thioether (sulfide) groups is 1. The van der Waals surface area contributed by atoms with Gasteiger partial charge in [-0.3, -0.25) is 14.5 Å². The summed E-state index contributed by atoms with van der Waals surface area (Å²) in [7, 11) is 1.61. The van der Waals surface area contributed by atoms with E-state index in [-0.39, 0.29) is 17.6 Å². The number of ether oxygens (including phenoxy) is 2. The number of carbonyl (C=O) groups is 3. The molecule has 1 saturated heterocycles. The molecule has 7 nitrogen and oxygen atoms in total. The number of methoxy groups -OCH3 is 1. The van der Waals surface area contributed by atoms with E-state index in [0.717, 1.165) is 23.1 Å². The number of carbonyl (C=O) groups excluding carboxylic acids is 3. The largest absolute Gasteiger partial charge is 0.497 e. The fourth-order valence-corrected chi connectivity index (χ4v) is 4.36. The van der Waals surface area contributed by atoms with Crippen LogP contribution in [-0.4, -0.2) is 47.3 Å². The number of thiocarbonyl (C=S) groups is 1. The monoisotopic (exact) mass is 484 g/mol. The zero-order chi connectivity index (χ0) is 23.8. The van der Waals surface area contributed by atoms with Crippen LogP contribution in [0.15, 0.2) is 53.4 Å². The smallest absolute Gasteiger partial charge is 0.338 e. The van der Waals surface area contributed by atoms with Gasteiger partial charge in [-0.25, -0.2) is 4.79 Å². The van der Waals surface area contributed by atoms with E-state index in [0.29, 0.717) is 40.7 Å². The number of hydrogen-bond donors (Lipinski definition) is 1. The van der Waals surface area contributed by atoms with E-state index in [2.05, 4.69) is 5.32 Å². The Morgan fingerprint density at radius 2 is 1.82 bits per heavy atom. The second kappa shape index (κ2) is 11.6. The predicted molar refractivity (Wildman–Crippen MR) is 134 cm³/mol. The third-order valence-electron chi connectivity index (χ3n) is 4.75. The standard InChI is InChI=1S/C24H24N2O5S2/c1-3-31-23(28)17-8-10-18(11-9-17)25-21(27)5-4-14-26-22(32)20(33-24(26)29)15-16-6-12-19(30-2)13-7-16/h6-13,15H,3-5,14H2,1-2H3,(H,25,27)/b20-15+. The second-order valence-corrected chi connectivity index (χ2v) is 8.44. The molecular formula is C24H24N2O5S2. The summed E-state index contributed by atoms with van der Waals surface area (Å²) in [5, 5.41) is 2.64. The van der Waals surface area contributed by atoms with Crippen molar-refractivity contribution in [3.05, 3.63) is 64.6 Å². The maximum absolute atomic E-state index is 12.4. The van der Waals surface area contributed by atoms with Gasteiger partial charge in [-0.05, 0) is 73.1 Å². The van der Waals surface area contributed by atoms with Gasteiger partial charge in [0.15, 0.2) is 0 Å². The molecule has 2 amide bonds. The van der Waals surface area contributed by atoms with E-state index >= 15 is 0 Å². The van der Waals surface area contributed by atoms with Crippen molar-refractivity contribution < 1.29 is 23.9 Å². The number of benzene rings is 2. The van der Waals surface area contributed by atoms with Crippen LogP contribution < -0.4 is 10.1 Å². The van der Waals surface area contributed by atoms with Gasteiger partial charge in [0.25, 0.3) is 5.24 Å². The number of anilines is 1. The van der Waals surface area contributed by atoms with Crippen LogP contribution in [-0.2, 0) is 9.53 Å². The molecule has 2 aromatic carbocycles. The Bertz CT molecular complexity index is 1070. The molecule has 1 fully saturated rings. The van der Waals surface area contributed by atoms with Gasteiger partial charge >= 0.3 is 5.97 Å². The molecule has 172 valence electrons. The summed E-state index contributed by atoms with van der Waals surface area (Å²) in [5.74, 6) is 0.169. The first-order valence-corrected chi connectivity index (χ1v) is 11.6. The van der Waals surface area contributed by atoms with E-state index in [4.69, 9.17) is 21.7 Å². The van der Waals surface area contributed by atoms with Gasteiger partial charge in [0.05, 0.1) is 24.2 Å². The van der Waals surface area contributed by atoms with E-state index in [9.17, 15) is 14.4 Å². The average Bonchev–Trinajstić information content (AvgIpc) is 3.07. The fraction of sp³-hybridized carbons (Fsp3) is 0.250. The van der Waals surface area contributed by atoms with Crippen molar-refractivity contribution in [2.75, 3.05) is 25.6 Å². The Kier molecular flexibility index (Phi) is 8.62. The van der Waals surface area contributed by atoms with Crippen molar-refractivity contribution in [3.8, 4) is 5.75 Å². The number of nitrogens with one attached hydrogen (secondary N) is 1. The van der Waals surface area contributed by atoms with Crippen LogP contribution in [0.25, 0.3) is 6.08 Å². The SMILES string of the molecule is CCOC(=O)c1ccc(NC(=O)CCCN2C(=O)S/C(=C/c3ccc(OC)cc3)C2=S)cc1. The lowest BCUT2D eigenvalue weighted by Crippen LogP contribution is -2.28. The molecule has 1 N–H and O–H groups in total. The lowest BCUT2D eigenvalue weighted by atomic mass is 10.2. The maximum Gasteiger partial charge on any atom is 0.338 e. The Morgan fingerprint density at radius 3 is 2.45 bits per heavy atom. The number of esters is 1. The highest BCUT2D eigenvalue weighted by molar-refractivity contribution is 8.19. The molecule has 0 spiro atoms. The normalized spacial score (nSPS) is 14.5. The number of nitrogens with zero attached hydrogens (tertiary/aromatic N) is 1. The summed E-state index contributed by atoms with van der Waals surface area (Å²) in [4.78, 5) is 39.0. The summed E-state index contributed by atoms with van der Waals surface area (Å²) in [6.07, 6.45) is 2.57. The van der Waals surface area contributed by atoms with Crippen LogP contribution >= 0.6 is 24.0 Å². The zero-order valence-electron chi connectivity index (χ0n) is 18.3. The van der Waals surface area contributed by atoms with Crippen molar-refractivity contribution >= 4 is 57.8 Å². The number of rotatable bonds is 9. The van der Waals surface area contributed by atoms with Crippen molar-refractivity contribution in [2.45, 2.75) is 19.8 Å². The molecule has 0 unspecified atom stereocenters. The maximum atomic E-state index is 12.4. The van der Waals surface area contributed by atoms with Gasteiger partial charge < -0.3 is 14.8 Å². The van der Waals surface area contributed by atoms with Crippen LogP contribution in [0.3, 0.4) is 0 Å². The average molecular weight is 485 g/mol. The third-order valence-corrected chi connectivity index (χ3v) is 6.25. The van der Waals surface area contributed by atoms with Gasteiger partial charge in [-0.2, -0.15) is 0 Å². The molecule has 0 aromatic heterocycles. The Morgan fingerprint density at radius 1 is 1.12 bits per heavy atom. The highest BCUT2D eigenvalue weighted by atomic mass is 32.2. The van der Waals surface area contributed by atoms with Crippen LogP contribution in [0.4, 0.5) is 10.5 Å². The molecule has 0 aliphatic carbocycles. The van der Waals surface area contributed by atoms with Crippen LogP contribution in [0.2, 0.25) is 0 Å². The van der Waals surface area contributed by atoms with Crippen LogP contribution in [0, 0.1) is 0 Å². The molecule has 0 saturated carbocycles. The molecule has 2 aromatic rings. The third kappa shape index (κ3) is 6.66. The zero-order valence-corrected chi connectivity index (χ0v) is 20.0. The first-order valence-electron chi connectivity index (χ1n) is 10.4. The minimum absolute atomic E-state index is 0.144. The van der Waals surface area contributed by atoms with Crippen molar-refractivity contribution in [3.63, 3.8) is 0 Å². The van der Waals surface area contributed by atoms with Crippen LogP contribution in [0.5, 0.6) is 5.75 Å². The topological polar surface area (TPSA) is 84.9 Å². The molecule has 0 radical (unpaired) electrons.